The van der Waals surface area contributed by atoms with Gasteiger partial charge in [0.05, 0.1) is 6.20 Å². The summed E-state index contributed by atoms with van der Waals surface area (Å²) in [5.41, 5.74) is 1.27. The van der Waals surface area contributed by atoms with E-state index in [1.54, 1.807) is 0 Å². The average molecular weight is 150 g/mol. The van der Waals surface area contributed by atoms with E-state index in [9.17, 15) is 0 Å². The Hall–Kier alpha value is -0.790. The summed E-state index contributed by atoms with van der Waals surface area (Å²) < 4.78 is 2.07. The van der Waals surface area contributed by atoms with Crippen molar-refractivity contribution < 1.29 is 0 Å². The van der Waals surface area contributed by atoms with Gasteiger partial charge in [0.25, 0.3) is 0 Å². The van der Waals surface area contributed by atoms with Crippen LogP contribution in [0, 0.1) is 12.8 Å². The van der Waals surface area contributed by atoms with E-state index in [1.165, 1.54) is 24.8 Å². The summed E-state index contributed by atoms with van der Waals surface area (Å²) >= 11 is 0. The van der Waals surface area contributed by atoms with Crippen LogP contribution >= 0.6 is 0 Å². The lowest BCUT2D eigenvalue weighted by atomic mass is 9.85. The minimum atomic E-state index is 0.911. The van der Waals surface area contributed by atoms with Crippen molar-refractivity contribution in [3.05, 3.63) is 18.0 Å². The molecule has 2 rings (SSSR count). The molecule has 1 saturated carbocycles. The van der Waals surface area contributed by atoms with Crippen LogP contribution in [-0.4, -0.2) is 9.78 Å². The van der Waals surface area contributed by atoms with Gasteiger partial charge in [-0.1, -0.05) is 6.42 Å². The molecule has 0 aliphatic heterocycles. The van der Waals surface area contributed by atoms with E-state index in [2.05, 4.69) is 22.9 Å². The molecule has 0 unspecified atom stereocenters. The predicted molar refractivity (Wildman–Crippen MR) is 44.3 cm³/mol. The zero-order chi connectivity index (χ0) is 7.68. The molecule has 1 aromatic heterocycles. The minimum Gasteiger partial charge on any atom is -0.272 e. The van der Waals surface area contributed by atoms with Crippen molar-refractivity contribution in [3.63, 3.8) is 0 Å². The molecule has 2 nitrogen and oxygen atoms in total. The molecule has 1 fully saturated rings. The van der Waals surface area contributed by atoms with Crippen molar-refractivity contribution in [2.24, 2.45) is 5.92 Å². The molecule has 1 aliphatic rings. The molecule has 2 heteroatoms. The quantitative estimate of drug-likeness (QED) is 0.630. The highest BCUT2D eigenvalue weighted by Crippen LogP contribution is 2.27. The molecule has 0 spiro atoms. The van der Waals surface area contributed by atoms with Crippen LogP contribution in [0.3, 0.4) is 0 Å². The van der Waals surface area contributed by atoms with Crippen LogP contribution in [0.4, 0.5) is 0 Å². The Morgan fingerprint density at radius 1 is 1.64 bits per heavy atom. The van der Waals surface area contributed by atoms with E-state index in [4.69, 9.17) is 0 Å². The Labute approximate surface area is 67.2 Å². The van der Waals surface area contributed by atoms with Crippen LogP contribution in [-0.2, 0) is 6.54 Å². The van der Waals surface area contributed by atoms with Gasteiger partial charge >= 0.3 is 0 Å². The molecular weight excluding hydrogens is 136 g/mol. The lowest BCUT2D eigenvalue weighted by Gasteiger charge is -2.24. The van der Waals surface area contributed by atoms with Crippen LogP contribution in [0.15, 0.2) is 12.4 Å². The summed E-state index contributed by atoms with van der Waals surface area (Å²) in [6, 6.07) is 0. The van der Waals surface area contributed by atoms with Crippen molar-refractivity contribution in [3.8, 4) is 0 Å². The Balaban J connectivity index is 1.95. The monoisotopic (exact) mass is 150 g/mol. The highest BCUT2D eigenvalue weighted by molar-refractivity contribution is 4.99. The highest BCUT2D eigenvalue weighted by atomic mass is 15.3. The van der Waals surface area contributed by atoms with Crippen molar-refractivity contribution >= 4 is 0 Å². The molecule has 0 saturated heterocycles. The zero-order valence-electron chi connectivity index (χ0n) is 6.95. The SMILES string of the molecule is Cc1cnn(CC2CCC2)c1. The summed E-state index contributed by atoms with van der Waals surface area (Å²) in [6.07, 6.45) is 8.28. The molecule has 0 atom stereocenters. The molecule has 0 N–H and O–H groups in total. The average Bonchev–Trinajstić information content (AvgIpc) is 2.27. The molecule has 0 aromatic carbocycles. The van der Waals surface area contributed by atoms with Crippen LogP contribution in [0.1, 0.15) is 24.8 Å². The molecule has 1 heterocycles. The molecule has 0 radical (unpaired) electrons. The van der Waals surface area contributed by atoms with Gasteiger partial charge in [-0.05, 0) is 31.2 Å². The second kappa shape index (κ2) is 2.68. The minimum absolute atomic E-state index is 0.911. The molecule has 0 amide bonds. The predicted octanol–water partition coefficient (Wildman–Crippen LogP) is 1.99. The largest absolute Gasteiger partial charge is 0.272 e. The van der Waals surface area contributed by atoms with Gasteiger partial charge in [0.15, 0.2) is 0 Å². The van der Waals surface area contributed by atoms with Crippen molar-refractivity contribution in [2.75, 3.05) is 0 Å². The first-order chi connectivity index (χ1) is 5.34. The first-order valence-electron chi connectivity index (χ1n) is 4.33. The van der Waals surface area contributed by atoms with Gasteiger partial charge < -0.3 is 0 Å². The maximum Gasteiger partial charge on any atom is 0.0518 e. The van der Waals surface area contributed by atoms with Crippen LogP contribution < -0.4 is 0 Å². The van der Waals surface area contributed by atoms with Crippen LogP contribution in [0.5, 0.6) is 0 Å². The number of hydrogen-bond acceptors (Lipinski definition) is 1. The molecule has 60 valence electrons. The van der Waals surface area contributed by atoms with Crippen molar-refractivity contribution in [1.29, 1.82) is 0 Å². The lowest BCUT2D eigenvalue weighted by molar-refractivity contribution is 0.266. The van der Waals surface area contributed by atoms with Gasteiger partial charge in [-0.2, -0.15) is 5.10 Å². The molecular formula is C9H14N2. The molecule has 0 bridgehead atoms. The summed E-state index contributed by atoms with van der Waals surface area (Å²) in [5.74, 6) is 0.911. The Morgan fingerprint density at radius 3 is 2.91 bits per heavy atom. The second-order valence-electron chi connectivity index (χ2n) is 3.54. The topological polar surface area (TPSA) is 17.8 Å². The maximum atomic E-state index is 4.25. The maximum absolute atomic E-state index is 4.25. The fraction of sp³-hybridized carbons (Fsp3) is 0.667. The highest BCUT2D eigenvalue weighted by Gasteiger charge is 2.17. The number of hydrogen-bond donors (Lipinski definition) is 0. The third-order valence-electron chi connectivity index (χ3n) is 2.43. The van der Waals surface area contributed by atoms with E-state index in [-0.39, 0.29) is 0 Å². The zero-order valence-corrected chi connectivity index (χ0v) is 6.95. The van der Waals surface area contributed by atoms with Crippen LogP contribution in [0.2, 0.25) is 0 Å². The fourth-order valence-corrected chi connectivity index (χ4v) is 1.51. The third-order valence-corrected chi connectivity index (χ3v) is 2.43. The van der Waals surface area contributed by atoms with Crippen molar-refractivity contribution in [1.82, 2.24) is 9.78 Å². The van der Waals surface area contributed by atoms with E-state index >= 15 is 0 Å². The summed E-state index contributed by atoms with van der Waals surface area (Å²) in [4.78, 5) is 0. The van der Waals surface area contributed by atoms with Gasteiger partial charge in [-0.25, -0.2) is 0 Å². The Kier molecular flexibility index (Phi) is 1.68. The lowest BCUT2D eigenvalue weighted by Crippen LogP contribution is -2.18. The first kappa shape index (κ1) is 6.89. The van der Waals surface area contributed by atoms with Gasteiger partial charge in [0.2, 0.25) is 0 Å². The third kappa shape index (κ3) is 1.44. The molecule has 11 heavy (non-hydrogen) atoms. The number of rotatable bonds is 2. The molecule has 1 aromatic rings. The number of nitrogens with zero attached hydrogens (tertiary/aromatic N) is 2. The number of aromatic nitrogens is 2. The summed E-state index contributed by atoms with van der Waals surface area (Å²) in [5, 5.41) is 4.25. The first-order valence-corrected chi connectivity index (χ1v) is 4.33. The number of aryl methyl sites for hydroxylation is 1. The second-order valence-corrected chi connectivity index (χ2v) is 3.54. The van der Waals surface area contributed by atoms with E-state index in [0.717, 1.165) is 12.5 Å². The standard InChI is InChI=1S/C9H14N2/c1-8-5-10-11(6-8)7-9-3-2-4-9/h5-6,9H,2-4,7H2,1H3. The smallest absolute Gasteiger partial charge is 0.0518 e. The van der Waals surface area contributed by atoms with Gasteiger partial charge in [0, 0.05) is 12.7 Å². The van der Waals surface area contributed by atoms with Crippen LogP contribution in [0.25, 0.3) is 0 Å². The van der Waals surface area contributed by atoms with E-state index < -0.39 is 0 Å². The van der Waals surface area contributed by atoms with E-state index in [0.29, 0.717) is 0 Å². The fourth-order valence-electron chi connectivity index (χ4n) is 1.51. The van der Waals surface area contributed by atoms with Gasteiger partial charge in [0.1, 0.15) is 0 Å². The summed E-state index contributed by atoms with van der Waals surface area (Å²) in [7, 11) is 0. The molecule has 1 aliphatic carbocycles. The Morgan fingerprint density at radius 2 is 2.45 bits per heavy atom. The van der Waals surface area contributed by atoms with E-state index in [1.807, 2.05) is 6.20 Å². The summed E-state index contributed by atoms with van der Waals surface area (Å²) in [6.45, 7) is 3.22. The normalized spacial score (nSPS) is 18.3. The van der Waals surface area contributed by atoms with Gasteiger partial charge in [-0.3, -0.25) is 4.68 Å². The van der Waals surface area contributed by atoms with Gasteiger partial charge in [-0.15, -0.1) is 0 Å². The van der Waals surface area contributed by atoms with Crippen molar-refractivity contribution in [2.45, 2.75) is 32.7 Å². The Bertz CT molecular complexity index is 235.